The van der Waals surface area contributed by atoms with Gasteiger partial charge in [0, 0.05) is 18.8 Å². The lowest BCUT2D eigenvalue weighted by molar-refractivity contribution is 0.372. The molecule has 2 N–H and O–H groups in total. The number of nitrogens with zero attached hydrogens (tertiary/aromatic N) is 1. The molecule has 3 aromatic rings. The van der Waals surface area contributed by atoms with Crippen molar-refractivity contribution in [2.45, 2.75) is 44.7 Å². The maximum atomic E-state index is 12.1. The molecule has 22 heavy (non-hydrogen) atoms. The molecule has 2 heterocycles. The van der Waals surface area contributed by atoms with E-state index in [1.807, 2.05) is 22.7 Å². The van der Waals surface area contributed by atoms with Gasteiger partial charge in [0.15, 0.2) is 0 Å². The first-order chi connectivity index (χ1) is 10.8. The van der Waals surface area contributed by atoms with Crippen LogP contribution in [-0.4, -0.2) is 15.4 Å². The minimum atomic E-state index is -0.0325. The van der Waals surface area contributed by atoms with Crippen molar-refractivity contribution in [1.29, 1.82) is 0 Å². The number of aromatic amines is 1. The Hall–Kier alpha value is -2.07. The van der Waals surface area contributed by atoms with Gasteiger partial charge >= 0.3 is 0 Å². The lowest BCUT2D eigenvalue weighted by atomic mass is 9.95. The molecule has 0 amide bonds. The number of H-pyrrole nitrogens is 1. The monoisotopic (exact) mass is 295 g/mol. The van der Waals surface area contributed by atoms with Crippen LogP contribution in [0.1, 0.15) is 37.7 Å². The average molecular weight is 295 g/mol. The van der Waals surface area contributed by atoms with Gasteiger partial charge in [0.1, 0.15) is 5.52 Å². The number of aromatic nitrogens is 2. The van der Waals surface area contributed by atoms with E-state index >= 15 is 0 Å². The Labute approximate surface area is 129 Å². The lowest BCUT2D eigenvalue weighted by Gasteiger charge is -2.22. The van der Waals surface area contributed by atoms with Crippen molar-refractivity contribution in [3.05, 3.63) is 52.4 Å². The standard InChI is InChI=1S/C18H21N3O/c22-18-17-7-4-10-21(17)16-9-8-13(11-15(16)20-18)12-19-14-5-2-1-3-6-14/h4,7-11,14,19H,1-3,5-6,12H2,(H,20,22). The molecular formula is C18H21N3O. The van der Waals surface area contributed by atoms with Gasteiger partial charge in [0.05, 0.1) is 11.0 Å². The van der Waals surface area contributed by atoms with Gasteiger partial charge in [0.2, 0.25) is 0 Å². The van der Waals surface area contributed by atoms with Crippen molar-refractivity contribution in [1.82, 2.24) is 14.7 Å². The minimum absolute atomic E-state index is 0.0325. The molecule has 1 aliphatic carbocycles. The van der Waals surface area contributed by atoms with Gasteiger partial charge in [0.25, 0.3) is 5.56 Å². The lowest BCUT2D eigenvalue weighted by Crippen LogP contribution is -2.30. The van der Waals surface area contributed by atoms with Crippen LogP contribution in [0.4, 0.5) is 0 Å². The number of fused-ring (bicyclic) bond motifs is 3. The molecule has 0 radical (unpaired) electrons. The Morgan fingerprint density at radius 1 is 1.14 bits per heavy atom. The number of benzene rings is 1. The van der Waals surface area contributed by atoms with Crippen LogP contribution >= 0.6 is 0 Å². The van der Waals surface area contributed by atoms with E-state index in [0.717, 1.165) is 17.6 Å². The van der Waals surface area contributed by atoms with Gasteiger partial charge in [-0.05, 0) is 42.7 Å². The Balaban J connectivity index is 1.62. The number of hydrogen-bond donors (Lipinski definition) is 2. The van der Waals surface area contributed by atoms with Crippen LogP contribution in [0, 0.1) is 0 Å². The van der Waals surface area contributed by atoms with Crippen LogP contribution in [0.25, 0.3) is 16.6 Å². The van der Waals surface area contributed by atoms with Gasteiger partial charge in [-0.3, -0.25) is 4.79 Å². The predicted molar refractivity (Wildman–Crippen MR) is 89.2 cm³/mol. The van der Waals surface area contributed by atoms with Gasteiger partial charge < -0.3 is 14.7 Å². The molecular weight excluding hydrogens is 274 g/mol. The van der Waals surface area contributed by atoms with E-state index in [1.54, 1.807) is 0 Å². The van der Waals surface area contributed by atoms with Crippen LogP contribution in [-0.2, 0) is 6.54 Å². The Kier molecular flexibility index (Phi) is 3.47. The second-order valence-corrected chi connectivity index (χ2v) is 6.28. The fraction of sp³-hybridized carbons (Fsp3) is 0.389. The molecule has 1 aliphatic rings. The highest BCUT2D eigenvalue weighted by Crippen LogP contribution is 2.19. The molecule has 0 unspecified atom stereocenters. The fourth-order valence-electron chi connectivity index (χ4n) is 3.53. The highest BCUT2D eigenvalue weighted by molar-refractivity contribution is 5.78. The summed E-state index contributed by atoms with van der Waals surface area (Å²) in [5, 5.41) is 3.65. The van der Waals surface area contributed by atoms with Crippen molar-refractivity contribution in [3.63, 3.8) is 0 Å². The molecule has 1 saturated carbocycles. The first kappa shape index (κ1) is 13.6. The van der Waals surface area contributed by atoms with E-state index in [4.69, 9.17) is 0 Å². The zero-order valence-corrected chi connectivity index (χ0v) is 12.6. The average Bonchev–Trinajstić information content (AvgIpc) is 3.04. The quantitative estimate of drug-likeness (QED) is 0.779. The van der Waals surface area contributed by atoms with Gasteiger partial charge in [-0.25, -0.2) is 0 Å². The van der Waals surface area contributed by atoms with Crippen LogP contribution in [0.15, 0.2) is 41.3 Å². The first-order valence-corrected chi connectivity index (χ1v) is 8.17. The van der Waals surface area contributed by atoms with Crippen molar-refractivity contribution < 1.29 is 0 Å². The molecule has 2 aromatic heterocycles. The van der Waals surface area contributed by atoms with E-state index in [0.29, 0.717) is 11.6 Å². The second kappa shape index (κ2) is 5.61. The molecule has 4 rings (SSSR count). The van der Waals surface area contributed by atoms with Crippen molar-refractivity contribution in [3.8, 4) is 0 Å². The molecule has 0 atom stereocenters. The van der Waals surface area contributed by atoms with Crippen LogP contribution in [0.3, 0.4) is 0 Å². The molecule has 0 saturated heterocycles. The molecule has 114 valence electrons. The van der Waals surface area contributed by atoms with Gasteiger partial charge in [-0.1, -0.05) is 25.3 Å². The van der Waals surface area contributed by atoms with Gasteiger partial charge in [-0.15, -0.1) is 0 Å². The number of nitrogens with one attached hydrogen (secondary N) is 2. The van der Waals surface area contributed by atoms with E-state index in [-0.39, 0.29) is 5.56 Å². The molecule has 4 heteroatoms. The van der Waals surface area contributed by atoms with E-state index < -0.39 is 0 Å². The first-order valence-electron chi connectivity index (χ1n) is 8.17. The third-order valence-corrected chi connectivity index (χ3v) is 4.75. The van der Waals surface area contributed by atoms with E-state index in [9.17, 15) is 4.79 Å². The Bertz CT molecular complexity index is 856. The largest absolute Gasteiger partial charge is 0.319 e. The summed E-state index contributed by atoms with van der Waals surface area (Å²) in [6, 6.07) is 10.7. The highest BCUT2D eigenvalue weighted by atomic mass is 16.1. The Morgan fingerprint density at radius 3 is 2.86 bits per heavy atom. The van der Waals surface area contributed by atoms with Crippen LogP contribution in [0.5, 0.6) is 0 Å². The molecule has 0 spiro atoms. The number of rotatable bonds is 3. The third kappa shape index (κ3) is 2.44. The fourth-order valence-corrected chi connectivity index (χ4v) is 3.53. The molecule has 4 nitrogen and oxygen atoms in total. The smallest absolute Gasteiger partial charge is 0.272 e. The van der Waals surface area contributed by atoms with Crippen molar-refractivity contribution in [2.24, 2.45) is 0 Å². The Morgan fingerprint density at radius 2 is 2.00 bits per heavy atom. The zero-order valence-electron chi connectivity index (χ0n) is 12.6. The molecule has 1 fully saturated rings. The zero-order chi connectivity index (χ0) is 14.9. The SMILES string of the molecule is O=c1[nH]c2cc(CNC3CCCCC3)ccc2n2cccc12. The van der Waals surface area contributed by atoms with Crippen molar-refractivity contribution >= 4 is 16.6 Å². The summed E-state index contributed by atoms with van der Waals surface area (Å²) in [6.45, 7) is 0.867. The number of hydrogen-bond acceptors (Lipinski definition) is 2. The summed E-state index contributed by atoms with van der Waals surface area (Å²) in [4.78, 5) is 15.1. The third-order valence-electron chi connectivity index (χ3n) is 4.75. The normalized spacial score (nSPS) is 16.5. The highest BCUT2D eigenvalue weighted by Gasteiger charge is 2.12. The van der Waals surface area contributed by atoms with Crippen LogP contribution < -0.4 is 10.9 Å². The summed E-state index contributed by atoms with van der Waals surface area (Å²) in [5.74, 6) is 0. The molecule has 0 aliphatic heterocycles. The van der Waals surface area contributed by atoms with E-state index in [1.165, 1.54) is 37.7 Å². The second-order valence-electron chi connectivity index (χ2n) is 6.28. The maximum absolute atomic E-state index is 12.1. The molecule has 1 aromatic carbocycles. The van der Waals surface area contributed by atoms with Gasteiger partial charge in [-0.2, -0.15) is 0 Å². The van der Waals surface area contributed by atoms with Crippen molar-refractivity contribution in [2.75, 3.05) is 0 Å². The predicted octanol–water partition coefficient (Wildman–Crippen LogP) is 3.20. The minimum Gasteiger partial charge on any atom is -0.319 e. The van der Waals surface area contributed by atoms with Crippen LogP contribution in [0.2, 0.25) is 0 Å². The topological polar surface area (TPSA) is 49.3 Å². The van der Waals surface area contributed by atoms with E-state index in [2.05, 4.69) is 28.5 Å². The maximum Gasteiger partial charge on any atom is 0.272 e. The summed E-state index contributed by atoms with van der Waals surface area (Å²) in [6.07, 6.45) is 8.57. The summed E-state index contributed by atoms with van der Waals surface area (Å²) < 4.78 is 1.95. The molecule has 0 bridgehead atoms. The summed E-state index contributed by atoms with van der Waals surface area (Å²) in [5.41, 5.74) is 3.83. The summed E-state index contributed by atoms with van der Waals surface area (Å²) >= 11 is 0. The summed E-state index contributed by atoms with van der Waals surface area (Å²) in [7, 11) is 0.